The molecule has 16 heteroatoms. The van der Waals surface area contributed by atoms with Crippen LogP contribution in [-0.4, -0.2) is 86.8 Å². The number of halogens is 1. The molecule has 264 valence electrons. The number of nitrogens with one attached hydrogen (secondary N) is 3. The number of likely N-dealkylation sites (N-methyl/N-ethyl adjacent to an activating group) is 1. The van der Waals surface area contributed by atoms with E-state index >= 15 is 0 Å². The topological polar surface area (TPSA) is 169 Å². The first-order valence-electron chi connectivity index (χ1n) is 16.6. The summed E-state index contributed by atoms with van der Waals surface area (Å²) in [5, 5.41) is 14.9. The lowest BCUT2D eigenvalue weighted by atomic mass is 9.92. The molecule has 1 atom stereocenters. The number of fused-ring (bicyclic) bond motifs is 2. The van der Waals surface area contributed by atoms with E-state index in [0.717, 1.165) is 54.6 Å². The molecule has 0 bridgehead atoms. The Hall–Kier alpha value is -5.54. The maximum absolute atomic E-state index is 12.8. The number of aromatic nitrogens is 5. The molecule has 51 heavy (non-hydrogen) atoms. The predicted molar refractivity (Wildman–Crippen MR) is 192 cm³/mol. The van der Waals surface area contributed by atoms with Crippen molar-refractivity contribution in [3.8, 4) is 5.75 Å². The van der Waals surface area contributed by atoms with E-state index in [-0.39, 0.29) is 35.6 Å². The zero-order valence-corrected chi connectivity index (χ0v) is 29.2. The van der Waals surface area contributed by atoms with Gasteiger partial charge in [-0.1, -0.05) is 23.7 Å². The predicted octanol–water partition coefficient (Wildman–Crippen LogP) is 2.58. The number of rotatable bonds is 9. The van der Waals surface area contributed by atoms with Crippen LogP contribution in [0.3, 0.4) is 0 Å². The third-order valence-electron chi connectivity index (χ3n) is 9.40. The first kappa shape index (κ1) is 33.9. The number of amides is 3. The molecule has 1 unspecified atom stereocenters. The van der Waals surface area contributed by atoms with Crippen LogP contribution >= 0.6 is 11.6 Å². The minimum Gasteiger partial charge on any atom is -0.478 e. The highest BCUT2D eigenvalue weighted by Crippen LogP contribution is 2.32. The number of hydrogen-bond donors (Lipinski definition) is 3. The van der Waals surface area contributed by atoms with Crippen LogP contribution in [0.5, 0.6) is 5.75 Å². The number of carbonyl (C=O) groups is 3. The number of piperazine rings is 1. The first-order valence-corrected chi connectivity index (χ1v) is 17.0. The van der Waals surface area contributed by atoms with E-state index in [1.807, 2.05) is 31.3 Å². The molecule has 2 aromatic carbocycles. The normalized spacial score (nSPS) is 16.8. The quantitative estimate of drug-likeness (QED) is 0.192. The van der Waals surface area contributed by atoms with Crippen LogP contribution in [-0.2, 0) is 35.0 Å². The van der Waals surface area contributed by atoms with Crippen molar-refractivity contribution in [2.75, 3.05) is 50.1 Å². The van der Waals surface area contributed by atoms with Crippen LogP contribution in [0.25, 0.3) is 21.8 Å². The fourth-order valence-electron chi connectivity index (χ4n) is 6.59. The van der Waals surface area contributed by atoms with Crippen molar-refractivity contribution in [3.63, 3.8) is 0 Å². The smallest absolute Gasteiger partial charge is 0.293 e. The van der Waals surface area contributed by atoms with Crippen LogP contribution in [0.4, 0.5) is 17.5 Å². The molecule has 0 spiro atoms. The average molecular weight is 713 g/mol. The standard InChI is InChI=1S/C35H37ClN10O5/c1-37-30(48)19-51-28-16-21-15-22(5-8-26(21)43(2)34(28)50)39-32-25(36)17-38-35(41-32)46-12-10-45(11-13-46)18-20-4-6-23-27(14-20)44(3)42-31(23)24-7-9-29(47)40-33(24)49/h4-6,8,14-17,24H,7,9-13,18-19H2,1-3H3,(H,37,48)(H,38,39,41)(H,40,47,49). The van der Waals surface area contributed by atoms with Crippen LogP contribution in [0.2, 0.25) is 5.02 Å². The SMILES string of the molecule is CNC(=O)COc1cc2cc(Nc3nc(N4CCN(Cc5ccc6c(C7CCC(=O)NC7=O)nn(C)c6c5)CC4)ncc3Cl)ccc2n(C)c1=O. The van der Waals surface area contributed by atoms with E-state index < -0.39 is 5.92 Å². The second-order valence-electron chi connectivity index (χ2n) is 12.7. The molecule has 15 nitrogen and oxygen atoms in total. The maximum Gasteiger partial charge on any atom is 0.293 e. The summed E-state index contributed by atoms with van der Waals surface area (Å²) in [4.78, 5) is 62.4. The summed E-state index contributed by atoms with van der Waals surface area (Å²) < 4.78 is 8.77. The molecular formula is C35H37ClN10O5. The second kappa shape index (κ2) is 14.0. The van der Waals surface area contributed by atoms with Crippen molar-refractivity contribution in [1.29, 1.82) is 0 Å². The molecule has 7 rings (SSSR count). The van der Waals surface area contributed by atoms with Crippen LogP contribution in [0.1, 0.15) is 30.0 Å². The zero-order valence-electron chi connectivity index (χ0n) is 28.4. The summed E-state index contributed by atoms with van der Waals surface area (Å²) in [5.74, 6) is -0.214. The van der Waals surface area contributed by atoms with Crippen LogP contribution < -0.4 is 31.1 Å². The van der Waals surface area contributed by atoms with Gasteiger partial charge >= 0.3 is 0 Å². The number of ether oxygens (including phenoxy) is 1. The Balaban J connectivity index is 1.01. The van der Waals surface area contributed by atoms with Gasteiger partial charge in [0, 0.05) is 76.7 Å². The van der Waals surface area contributed by atoms with Gasteiger partial charge in [0.05, 0.1) is 28.8 Å². The second-order valence-corrected chi connectivity index (χ2v) is 13.1. The highest BCUT2D eigenvalue weighted by Gasteiger charge is 2.31. The Morgan fingerprint density at radius 2 is 1.84 bits per heavy atom. The lowest BCUT2D eigenvalue weighted by Gasteiger charge is -2.34. The van der Waals surface area contributed by atoms with Crippen molar-refractivity contribution < 1.29 is 19.1 Å². The highest BCUT2D eigenvalue weighted by molar-refractivity contribution is 6.33. The van der Waals surface area contributed by atoms with Crippen molar-refractivity contribution >= 4 is 68.6 Å². The summed E-state index contributed by atoms with van der Waals surface area (Å²) in [6, 6.07) is 13.4. The average Bonchev–Trinajstić information content (AvgIpc) is 3.45. The van der Waals surface area contributed by atoms with Gasteiger partial charge in [-0.25, -0.2) is 4.98 Å². The number of hydrogen-bond acceptors (Lipinski definition) is 11. The highest BCUT2D eigenvalue weighted by atomic mass is 35.5. The Kier molecular flexibility index (Phi) is 9.31. The first-order chi connectivity index (χ1) is 24.6. The van der Waals surface area contributed by atoms with Crippen LogP contribution in [0, 0.1) is 0 Å². The monoisotopic (exact) mass is 712 g/mol. The molecule has 0 aliphatic carbocycles. The van der Waals surface area contributed by atoms with Gasteiger partial charge in [0.2, 0.25) is 17.8 Å². The van der Waals surface area contributed by atoms with Crippen molar-refractivity contribution in [2.45, 2.75) is 25.3 Å². The number of carbonyl (C=O) groups excluding carboxylic acids is 3. The van der Waals surface area contributed by atoms with E-state index in [4.69, 9.17) is 21.3 Å². The number of piperidine rings is 1. The van der Waals surface area contributed by atoms with Crippen molar-refractivity contribution in [1.82, 2.24) is 39.8 Å². The molecule has 5 aromatic rings. The third-order valence-corrected chi connectivity index (χ3v) is 9.67. The summed E-state index contributed by atoms with van der Waals surface area (Å²) in [6.07, 6.45) is 2.36. The Labute approximate surface area is 297 Å². The largest absolute Gasteiger partial charge is 0.478 e. The number of pyridine rings is 1. The number of aryl methyl sites for hydroxylation is 2. The zero-order chi connectivity index (χ0) is 35.8. The molecule has 5 heterocycles. The number of nitrogens with zero attached hydrogens (tertiary/aromatic N) is 7. The lowest BCUT2D eigenvalue weighted by Crippen LogP contribution is -2.46. The molecule has 3 N–H and O–H groups in total. The number of anilines is 3. The molecule has 2 aliphatic heterocycles. The van der Waals surface area contributed by atoms with Crippen molar-refractivity contribution in [3.05, 3.63) is 75.3 Å². The molecule has 0 saturated carbocycles. The van der Waals surface area contributed by atoms with Crippen LogP contribution in [0.15, 0.2) is 53.5 Å². The molecule has 2 saturated heterocycles. The van der Waals surface area contributed by atoms with E-state index in [0.29, 0.717) is 46.5 Å². The van der Waals surface area contributed by atoms with Crippen molar-refractivity contribution in [2.24, 2.45) is 14.1 Å². The summed E-state index contributed by atoms with van der Waals surface area (Å²) in [6.45, 7) is 3.53. The Bertz CT molecular complexity index is 2240. The fraction of sp³-hybridized carbons (Fsp3) is 0.343. The van der Waals surface area contributed by atoms with Gasteiger partial charge in [-0.2, -0.15) is 10.1 Å². The third kappa shape index (κ3) is 6.94. The van der Waals surface area contributed by atoms with Gasteiger partial charge < -0.3 is 24.8 Å². The lowest BCUT2D eigenvalue weighted by molar-refractivity contribution is -0.134. The van der Waals surface area contributed by atoms with Gasteiger partial charge in [0.25, 0.3) is 11.5 Å². The van der Waals surface area contributed by atoms with E-state index in [1.165, 1.54) is 11.6 Å². The maximum atomic E-state index is 12.8. The molecule has 3 aromatic heterocycles. The minimum absolute atomic E-state index is 0.0729. The van der Waals surface area contributed by atoms with E-state index in [2.05, 4.69) is 48.0 Å². The Morgan fingerprint density at radius 1 is 1.04 bits per heavy atom. The van der Waals surface area contributed by atoms with E-state index in [1.54, 1.807) is 24.0 Å². The summed E-state index contributed by atoms with van der Waals surface area (Å²) >= 11 is 6.53. The van der Waals surface area contributed by atoms with Gasteiger partial charge in [-0.3, -0.25) is 34.1 Å². The van der Waals surface area contributed by atoms with Gasteiger partial charge in [-0.05, 0) is 42.3 Å². The fourth-order valence-corrected chi connectivity index (χ4v) is 6.73. The summed E-state index contributed by atoms with van der Waals surface area (Å²) in [7, 11) is 5.03. The van der Waals surface area contributed by atoms with Gasteiger partial charge in [0.1, 0.15) is 5.02 Å². The molecule has 0 radical (unpaired) electrons. The molecule has 2 fully saturated rings. The Morgan fingerprint density at radius 3 is 2.61 bits per heavy atom. The van der Waals surface area contributed by atoms with E-state index in [9.17, 15) is 19.2 Å². The molecular weight excluding hydrogens is 676 g/mol. The summed E-state index contributed by atoms with van der Waals surface area (Å²) in [5.41, 5.74) is 3.85. The number of imide groups is 1. The minimum atomic E-state index is -0.434. The number of benzene rings is 2. The van der Waals surface area contributed by atoms with Gasteiger partial charge in [0.15, 0.2) is 18.2 Å². The van der Waals surface area contributed by atoms with Gasteiger partial charge in [-0.15, -0.1) is 0 Å². The molecule has 3 amide bonds. The molecule has 2 aliphatic rings.